The first-order valence-electron chi connectivity index (χ1n) is 5.57. The third-order valence-electron chi connectivity index (χ3n) is 2.49. The molecule has 1 rings (SSSR count). The lowest BCUT2D eigenvalue weighted by atomic mass is 10.0. The van der Waals surface area contributed by atoms with Gasteiger partial charge in [0.1, 0.15) is 5.69 Å². The number of hydrogen-bond acceptors (Lipinski definition) is 2. The Labute approximate surface area is 117 Å². The Hall–Kier alpha value is -1.11. The van der Waals surface area contributed by atoms with Crippen LogP contribution < -0.4 is 5.32 Å². The highest BCUT2D eigenvalue weighted by Gasteiger charge is 2.31. The lowest BCUT2D eigenvalue weighted by molar-refractivity contribution is -0.137. The second kappa shape index (κ2) is 5.90. The smallest absolute Gasteiger partial charge is 0.346 e. The van der Waals surface area contributed by atoms with Crippen molar-refractivity contribution in [2.24, 2.45) is 0 Å². The SMILES string of the molecule is CC(C)(CCBr)NC(=O)c1ccc(C(F)(F)F)cn1. The molecule has 3 nitrogen and oxygen atoms in total. The predicted molar refractivity (Wildman–Crippen MR) is 69.2 cm³/mol. The number of carbonyl (C=O) groups is 1. The normalized spacial score (nSPS) is 12.3. The maximum absolute atomic E-state index is 12.3. The Morgan fingerprint density at radius 2 is 2.00 bits per heavy atom. The Kier molecular flexibility index (Phi) is 4.95. The van der Waals surface area contributed by atoms with Gasteiger partial charge in [-0.15, -0.1) is 0 Å². The van der Waals surface area contributed by atoms with Gasteiger partial charge in [0, 0.05) is 17.1 Å². The summed E-state index contributed by atoms with van der Waals surface area (Å²) in [5.74, 6) is -0.486. The van der Waals surface area contributed by atoms with Crippen molar-refractivity contribution >= 4 is 21.8 Å². The second-order valence-corrected chi connectivity index (χ2v) is 5.50. The predicted octanol–water partition coefficient (Wildman–Crippen LogP) is 3.39. The van der Waals surface area contributed by atoms with Crippen LogP contribution in [0.5, 0.6) is 0 Å². The van der Waals surface area contributed by atoms with E-state index in [4.69, 9.17) is 0 Å². The maximum Gasteiger partial charge on any atom is 0.417 e. The quantitative estimate of drug-likeness (QED) is 0.855. The van der Waals surface area contributed by atoms with Crippen molar-refractivity contribution in [1.82, 2.24) is 10.3 Å². The Bertz CT molecular complexity index is 443. The van der Waals surface area contributed by atoms with Crippen molar-refractivity contribution in [3.05, 3.63) is 29.6 Å². The van der Waals surface area contributed by atoms with E-state index in [9.17, 15) is 18.0 Å². The van der Waals surface area contributed by atoms with Gasteiger partial charge in [-0.25, -0.2) is 0 Å². The minimum Gasteiger partial charge on any atom is -0.346 e. The van der Waals surface area contributed by atoms with Crippen molar-refractivity contribution in [2.75, 3.05) is 5.33 Å². The molecule has 0 fully saturated rings. The molecule has 0 aromatic carbocycles. The molecule has 0 aliphatic carbocycles. The van der Waals surface area contributed by atoms with Gasteiger partial charge in [-0.3, -0.25) is 9.78 Å². The first-order valence-corrected chi connectivity index (χ1v) is 6.69. The molecule has 0 unspecified atom stereocenters. The zero-order valence-electron chi connectivity index (χ0n) is 10.5. The van der Waals surface area contributed by atoms with Crippen molar-refractivity contribution in [3.8, 4) is 0 Å². The van der Waals surface area contributed by atoms with E-state index >= 15 is 0 Å². The number of pyridine rings is 1. The molecule has 1 amide bonds. The van der Waals surface area contributed by atoms with Gasteiger partial charge in [0.25, 0.3) is 5.91 Å². The lowest BCUT2D eigenvalue weighted by Gasteiger charge is -2.25. The average Bonchev–Trinajstić information content (AvgIpc) is 2.27. The Balaban J connectivity index is 2.79. The monoisotopic (exact) mass is 338 g/mol. The molecule has 7 heteroatoms. The number of hydrogen-bond donors (Lipinski definition) is 1. The minimum absolute atomic E-state index is 0.0318. The molecule has 1 heterocycles. The van der Waals surface area contributed by atoms with E-state index < -0.39 is 23.2 Å². The number of alkyl halides is 4. The van der Waals surface area contributed by atoms with Crippen LogP contribution in [0.15, 0.2) is 18.3 Å². The van der Waals surface area contributed by atoms with Crippen LogP contribution in [0.2, 0.25) is 0 Å². The number of amides is 1. The van der Waals surface area contributed by atoms with E-state index in [-0.39, 0.29) is 5.69 Å². The molecule has 1 aromatic rings. The summed E-state index contributed by atoms with van der Waals surface area (Å²) >= 11 is 3.27. The Morgan fingerprint density at radius 1 is 1.37 bits per heavy atom. The van der Waals surface area contributed by atoms with Crippen LogP contribution in [0.4, 0.5) is 13.2 Å². The summed E-state index contributed by atoms with van der Waals surface area (Å²) in [5, 5.41) is 3.43. The highest BCUT2D eigenvalue weighted by Crippen LogP contribution is 2.28. The van der Waals surface area contributed by atoms with Crippen molar-refractivity contribution in [3.63, 3.8) is 0 Å². The van der Waals surface area contributed by atoms with E-state index in [0.29, 0.717) is 17.9 Å². The number of nitrogens with zero attached hydrogens (tertiary/aromatic N) is 1. The molecule has 0 saturated carbocycles. The molecule has 0 spiro atoms. The Morgan fingerprint density at radius 3 is 2.42 bits per heavy atom. The molecule has 0 atom stereocenters. The summed E-state index contributed by atoms with van der Waals surface area (Å²) in [6, 6.07) is 1.92. The van der Waals surface area contributed by atoms with Crippen LogP contribution in [0, 0.1) is 0 Å². The number of nitrogens with one attached hydrogen (secondary N) is 1. The summed E-state index contributed by atoms with van der Waals surface area (Å²) < 4.78 is 37.0. The van der Waals surface area contributed by atoms with Gasteiger partial charge in [0.2, 0.25) is 0 Å². The van der Waals surface area contributed by atoms with E-state index in [0.717, 1.165) is 12.1 Å². The molecule has 106 valence electrons. The summed E-state index contributed by atoms with van der Waals surface area (Å²) in [5.41, 5.74) is -1.36. The molecule has 19 heavy (non-hydrogen) atoms. The second-order valence-electron chi connectivity index (χ2n) is 4.71. The van der Waals surface area contributed by atoms with E-state index in [1.807, 2.05) is 13.8 Å². The highest BCUT2D eigenvalue weighted by atomic mass is 79.9. The zero-order chi connectivity index (χ0) is 14.7. The largest absolute Gasteiger partial charge is 0.417 e. The van der Waals surface area contributed by atoms with Crippen LogP contribution >= 0.6 is 15.9 Å². The van der Waals surface area contributed by atoms with Gasteiger partial charge in [-0.05, 0) is 32.4 Å². The molecule has 1 N–H and O–H groups in total. The topological polar surface area (TPSA) is 42.0 Å². The van der Waals surface area contributed by atoms with Crippen LogP contribution in [-0.4, -0.2) is 21.8 Å². The molecule has 1 aromatic heterocycles. The summed E-state index contributed by atoms with van der Waals surface area (Å²) in [7, 11) is 0. The maximum atomic E-state index is 12.3. The number of carbonyl (C=O) groups excluding carboxylic acids is 1. The van der Waals surface area contributed by atoms with Crippen LogP contribution in [0.25, 0.3) is 0 Å². The van der Waals surface area contributed by atoms with E-state index in [2.05, 4.69) is 26.2 Å². The van der Waals surface area contributed by atoms with Crippen molar-refractivity contribution in [1.29, 1.82) is 0 Å². The van der Waals surface area contributed by atoms with Crippen LogP contribution in [0.3, 0.4) is 0 Å². The fourth-order valence-corrected chi connectivity index (χ4v) is 2.36. The first kappa shape index (κ1) is 15.9. The van der Waals surface area contributed by atoms with Gasteiger partial charge >= 0.3 is 6.18 Å². The highest BCUT2D eigenvalue weighted by molar-refractivity contribution is 9.09. The molecular formula is C12H14BrF3N2O. The molecular weight excluding hydrogens is 325 g/mol. The standard InChI is InChI=1S/C12H14BrF3N2O/c1-11(2,5-6-13)18-10(19)9-4-3-8(7-17-9)12(14,15)16/h3-4,7H,5-6H2,1-2H3,(H,18,19). The third kappa shape index (κ3) is 4.81. The number of aromatic nitrogens is 1. The summed E-state index contributed by atoms with van der Waals surface area (Å²) in [6.07, 6.45) is -3.09. The molecule has 0 aliphatic heterocycles. The van der Waals surface area contributed by atoms with Crippen LogP contribution in [-0.2, 0) is 6.18 Å². The van der Waals surface area contributed by atoms with Crippen molar-refractivity contribution < 1.29 is 18.0 Å². The lowest BCUT2D eigenvalue weighted by Crippen LogP contribution is -2.44. The minimum atomic E-state index is -4.45. The molecule has 0 bridgehead atoms. The van der Waals surface area contributed by atoms with Gasteiger partial charge in [-0.1, -0.05) is 15.9 Å². The van der Waals surface area contributed by atoms with Crippen molar-refractivity contribution in [2.45, 2.75) is 32.0 Å². The third-order valence-corrected chi connectivity index (χ3v) is 2.89. The van der Waals surface area contributed by atoms with E-state index in [1.54, 1.807) is 0 Å². The number of halogens is 4. The van der Waals surface area contributed by atoms with E-state index in [1.165, 1.54) is 0 Å². The van der Waals surface area contributed by atoms with Gasteiger partial charge in [0.15, 0.2) is 0 Å². The van der Waals surface area contributed by atoms with Gasteiger partial charge in [0.05, 0.1) is 5.56 Å². The summed E-state index contributed by atoms with van der Waals surface area (Å²) in [6.45, 7) is 3.66. The van der Waals surface area contributed by atoms with Gasteiger partial charge in [-0.2, -0.15) is 13.2 Å². The van der Waals surface area contributed by atoms with Crippen LogP contribution in [0.1, 0.15) is 36.3 Å². The fraction of sp³-hybridized carbons (Fsp3) is 0.500. The van der Waals surface area contributed by atoms with Gasteiger partial charge < -0.3 is 5.32 Å². The summed E-state index contributed by atoms with van der Waals surface area (Å²) in [4.78, 5) is 15.4. The first-order chi connectivity index (χ1) is 8.65. The fourth-order valence-electron chi connectivity index (χ4n) is 1.37. The molecule has 0 aliphatic rings. The number of rotatable bonds is 4. The average molecular weight is 339 g/mol. The molecule has 0 saturated heterocycles. The zero-order valence-corrected chi connectivity index (χ0v) is 12.1. The molecule has 0 radical (unpaired) electrons.